The zero-order valence-corrected chi connectivity index (χ0v) is 24.7. The number of furan rings is 1. The Kier molecular flexibility index (Phi) is 8.22. The van der Waals surface area contributed by atoms with Crippen LogP contribution in [-0.2, 0) is 29.1 Å². The molecule has 0 atom stereocenters. The minimum absolute atomic E-state index is 0.0784. The standard InChI is InChI=1S/C31H37N5O6/c1-6-36-24-9-8-22(17-25(24)34(5)29(38)31(3,4)30(36)39)40-15-7-12-32-18-27-33-21(19-41-27)10-13-35-14-11-26-23(28(35)37)16-20(2)42-26/h8-9,11,14,16-17,19,32H,6-7,10,12-13,15,18H2,1-5H3. The monoisotopic (exact) mass is 575 g/mol. The van der Waals surface area contributed by atoms with E-state index < -0.39 is 5.41 Å². The van der Waals surface area contributed by atoms with Crippen molar-refractivity contribution in [3.63, 3.8) is 0 Å². The molecular formula is C31H37N5O6. The van der Waals surface area contributed by atoms with Crippen LogP contribution in [0.25, 0.3) is 11.0 Å². The number of carbonyl (C=O) groups excluding carboxylic acids is 2. The minimum atomic E-state index is -1.14. The van der Waals surface area contributed by atoms with Gasteiger partial charge in [-0.15, -0.1) is 0 Å². The lowest BCUT2D eigenvalue weighted by Crippen LogP contribution is -2.47. The van der Waals surface area contributed by atoms with E-state index in [0.29, 0.717) is 79.0 Å². The Morgan fingerprint density at radius 2 is 1.88 bits per heavy atom. The number of anilines is 2. The van der Waals surface area contributed by atoms with E-state index >= 15 is 0 Å². The number of aromatic nitrogens is 2. The SMILES string of the molecule is CCN1C(=O)C(C)(C)C(=O)N(C)c2cc(OCCCNCc3nc(CCn4ccc5oc(C)cc5c4=O)co3)ccc21. The zero-order valence-electron chi connectivity index (χ0n) is 24.7. The summed E-state index contributed by atoms with van der Waals surface area (Å²) in [7, 11) is 1.69. The predicted molar refractivity (Wildman–Crippen MR) is 159 cm³/mol. The zero-order chi connectivity index (χ0) is 30.0. The van der Waals surface area contributed by atoms with E-state index in [1.165, 1.54) is 0 Å². The molecule has 3 aromatic heterocycles. The van der Waals surface area contributed by atoms with Gasteiger partial charge >= 0.3 is 0 Å². The molecule has 0 saturated carbocycles. The van der Waals surface area contributed by atoms with Gasteiger partial charge in [-0.25, -0.2) is 4.98 Å². The first-order valence-corrected chi connectivity index (χ1v) is 14.2. The second kappa shape index (κ2) is 11.8. The van der Waals surface area contributed by atoms with Gasteiger partial charge in [0.05, 0.1) is 35.6 Å². The maximum Gasteiger partial charge on any atom is 0.261 e. The number of oxazole rings is 1. The third kappa shape index (κ3) is 5.69. The van der Waals surface area contributed by atoms with Crippen molar-refractivity contribution >= 4 is 34.2 Å². The first-order chi connectivity index (χ1) is 20.1. The molecule has 1 N–H and O–H groups in total. The van der Waals surface area contributed by atoms with E-state index in [-0.39, 0.29) is 17.4 Å². The van der Waals surface area contributed by atoms with Crippen LogP contribution in [0.2, 0.25) is 0 Å². The fourth-order valence-electron chi connectivity index (χ4n) is 5.21. The normalized spacial score (nSPS) is 14.9. The van der Waals surface area contributed by atoms with Crippen LogP contribution >= 0.6 is 0 Å². The van der Waals surface area contributed by atoms with Crippen molar-refractivity contribution in [3.05, 3.63) is 70.5 Å². The number of pyridine rings is 1. The average molecular weight is 576 g/mol. The van der Waals surface area contributed by atoms with Gasteiger partial charge in [0.25, 0.3) is 5.56 Å². The molecule has 5 rings (SSSR count). The summed E-state index contributed by atoms with van der Waals surface area (Å²) in [6, 6.07) is 9.05. The van der Waals surface area contributed by atoms with Crippen molar-refractivity contribution in [2.24, 2.45) is 5.41 Å². The van der Waals surface area contributed by atoms with Gasteiger partial charge in [-0.2, -0.15) is 0 Å². The molecule has 0 saturated heterocycles. The van der Waals surface area contributed by atoms with Crippen LogP contribution in [-0.4, -0.2) is 48.1 Å². The molecule has 42 heavy (non-hydrogen) atoms. The smallest absolute Gasteiger partial charge is 0.261 e. The topological polar surface area (TPSA) is 123 Å². The number of fused-ring (bicyclic) bond motifs is 2. The summed E-state index contributed by atoms with van der Waals surface area (Å²) in [4.78, 5) is 46.4. The van der Waals surface area contributed by atoms with Gasteiger partial charge < -0.3 is 33.3 Å². The summed E-state index contributed by atoms with van der Waals surface area (Å²) in [6.45, 7) is 9.65. The highest BCUT2D eigenvalue weighted by molar-refractivity contribution is 6.20. The van der Waals surface area contributed by atoms with Crippen molar-refractivity contribution in [2.75, 3.05) is 36.5 Å². The Morgan fingerprint density at radius 3 is 2.67 bits per heavy atom. The van der Waals surface area contributed by atoms with Gasteiger partial charge in [0, 0.05) is 38.8 Å². The molecule has 1 aliphatic rings. The van der Waals surface area contributed by atoms with Crippen molar-refractivity contribution in [3.8, 4) is 5.75 Å². The van der Waals surface area contributed by atoms with Crippen molar-refractivity contribution in [1.29, 1.82) is 0 Å². The lowest BCUT2D eigenvalue weighted by atomic mass is 9.90. The van der Waals surface area contributed by atoms with Gasteiger partial charge in [-0.3, -0.25) is 14.4 Å². The van der Waals surface area contributed by atoms with Crippen LogP contribution in [0.4, 0.5) is 11.4 Å². The van der Waals surface area contributed by atoms with E-state index in [1.54, 1.807) is 59.9 Å². The molecule has 1 aliphatic heterocycles. The van der Waals surface area contributed by atoms with E-state index in [9.17, 15) is 14.4 Å². The number of amides is 2. The number of aryl methyl sites for hydroxylation is 3. The van der Waals surface area contributed by atoms with Crippen LogP contribution in [0.15, 0.2) is 56.4 Å². The van der Waals surface area contributed by atoms with Gasteiger partial charge in [-0.1, -0.05) is 0 Å². The second-order valence-electron chi connectivity index (χ2n) is 11.0. The van der Waals surface area contributed by atoms with Crippen molar-refractivity contribution in [2.45, 2.75) is 53.6 Å². The molecule has 0 spiro atoms. The molecule has 0 bridgehead atoms. The Bertz CT molecular complexity index is 1670. The van der Waals surface area contributed by atoms with Gasteiger partial charge in [0.1, 0.15) is 28.8 Å². The van der Waals surface area contributed by atoms with Gasteiger partial charge in [0.15, 0.2) is 0 Å². The molecule has 4 heterocycles. The number of ether oxygens (including phenoxy) is 1. The molecule has 11 nitrogen and oxygen atoms in total. The molecule has 11 heteroatoms. The first kappa shape index (κ1) is 29.1. The van der Waals surface area contributed by atoms with Crippen LogP contribution in [0, 0.1) is 12.3 Å². The maximum atomic E-state index is 13.0. The molecule has 0 unspecified atom stereocenters. The number of benzene rings is 1. The third-order valence-corrected chi connectivity index (χ3v) is 7.57. The Labute approximate surface area is 244 Å². The molecule has 1 aromatic carbocycles. The van der Waals surface area contributed by atoms with Crippen LogP contribution in [0.1, 0.15) is 44.5 Å². The van der Waals surface area contributed by atoms with E-state index in [1.807, 2.05) is 32.0 Å². The second-order valence-corrected chi connectivity index (χ2v) is 11.0. The molecule has 0 radical (unpaired) electrons. The summed E-state index contributed by atoms with van der Waals surface area (Å²) in [5.74, 6) is 1.47. The maximum absolute atomic E-state index is 13.0. The van der Waals surface area contributed by atoms with Crippen LogP contribution in [0.5, 0.6) is 5.75 Å². The lowest BCUT2D eigenvalue weighted by Gasteiger charge is -2.27. The highest BCUT2D eigenvalue weighted by Gasteiger charge is 2.45. The highest BCUT2D eigenvalue weighted by atomic mass is 16.5. The summed E-state index contributed by atoms with van der Waals surface area (Å²) >= 11 is 0. The van der Waals surface area contributed by atoms with Gasteiger partial charge in [-0.05, 0) is 64.9 Å². The number of nitrogens with one attached hydrogen (secondary N) is 1. The fourth-order valence-corrected chi connectivity index (χ4v) is 5.21. The third-order valence-electron chi connectivity index (χ3n) is 7.57. The van der Waals surface area contributed by atoms with E-state index in [2.05, 4.69) is 10.3 Å². The average Bonchev–Trinajstić information content (AvgIpc) is 3.59. The molecule has 222 valence electrons. The van der Waals surface area contributed by atoms with Crippen molar-refractivity contribution in [1.82, 2.24) is 14.9 Å². The van der Waals surface area contributed by atoms with E-state index in [0.717, 1.165) is 12.1 Å². The van der Waals surface area contributed by atoms with Crippen molar-refractivity contribution < 1.29 is 23.2 Å². The van der Waals surface area contributed by atoms with Crippen LogP contribution in [0.3, 0.4) is 0 Å². The first-order valence-electron chi connectivity index (χ1n) is 14.2. The molecule has 4 aromatic rings. The molecule has 0 aliphatic carbocycles. The molecular weight excluding hydrogens is 538 g/mol. The van der Waals surface area contributed by atoms with Crippen LogP contribution < -0.4 is 25.4 Å². The minimum Gasteiger partial charge on any atom is -0.493 e. The quantitative estimate of drug-likeness (QED) is 0.210. The Morgan fingerprint density at radius 1 is 1.07 bits per heavy atom. The summed E-state index contributed by atoms with van der Waals surface area (Å²) in [5.41, 5.74) is 1.51. The van der Waals surface area contributed by atoms with E-state index in [4.69, 9.17) is 13.6 Å². The van der Waals surface area contributed by atoms with Gasteiger partial charge in [0.2, 0.25) is 17.7 Å². The number of carbonyl (C=O) groups is 2. The lowest BCUT2D eigenvalue weighted by molar-refractivity contribution is -0.137. The number of hydrogen-bond acceptors (Lipinski definition) is 8. The number of nitrogens with zero attached hydrogens (tertiary/aromatic N) is 4. The number of hydrogen-bond donors (Lipinski definition) is 1. The predicted octanol–water partition coefficient (Wildman–Crippen LogP) is 4.05. The summed E-state index contributed by atoms with van der Waals surface area (Å²) in [5, 5.41) is 3.89. The summed E-state index contributed by atoms with van der Waals surface area (Å²) < 4.78 is 18.7. The Balaban J connectivity index is 1.08. The Hall–Kier alpha value is -4.38. The largest absolute Gasteiger partial charge is 0.493 e. The molecule has 2 amide bonds. The fraction of sp³-hybridized carbons (Fsp3) is 0.419. The highest BCUT2D eigenvalue weighted by Crippen LogP contribution is 2.40. The molecule has 0 fully saturated rings. The number of rotatable bonds is 11. The summed E-state index contributed by atoms with van der Waals surface area (Å²) in [6.07, 6.45) is 4.68.